The molecule has 0 radical (unpaired) electrons. The zero-order chi connectivity index (χ0) is 12.0. The molecule has 1 fully saturated rings. The molecule has 2 rings (SSSR count). The maximum atomic E-state index is 8.97. The fourth-order valence-electron chi connectivity index (χ4n) is 2.34. The second-order valence-corrected chi connectivity index (χ2v) is 5.24. The molecule has 94 valence electrons. The first-order valence-corrected chi connectivity index (χ1v) is 6.70. The van der Waals surface area contributed by atoms with Crippen LogP contribution in [0.1, 0.15) is 31.2 Å². The molecule has 1 aliphatic rings. The third-order valence-electron chi connectivity index (χ3n) is 3.76. The Morgan fingerprint density at radius 3 is 2.59 bits per heavy atom. The van der Waals surface area contributed by atoms with E-state index in [-0.39, 0.29) is 0 Å². The topological polar surface area (TPSA) is 32.3 Å². The van der Waals surface area contributed by atoms with Gasteiger partial charge in [0.1, 0.15) is 0 Å². The van der Waals surface area contributed by atoms with Gasteiger partial charge >= 0.3 is 0 Å². The van der Waals surface area contributed by atoms with Gasteiger partial charge in [-0.2, -0.15) is 0 Å². The predicted molar refractivity (Wildman–Crippen MR) is 71.0 cm³/mol. The molecule has 0 heterocycles. The van der Waals surface area contributed by atoms with Crippen molar-refractivity contribution in [2.45, 2.75) is 32.1 Å². The minimum Gasteiger partial charge on any atom is -0.396 e. The average molecular weight is 233 g/mol. The maximum Gasteiger partial charge on any atom is 0.0436 e. The van der Waals surface area contributed by atoms with Gasteiger partial charge < -0.3 is 10.4 Å². The minimum atomic E-state index is 0.339. The molecule has 0 bridgehead atoms. The summed E-state index contributed by atoms with van der Waals surface area (Å²) in [6.07, 6.45) is 5.90. The van der Waals surface area contributed by atoms with Gasteiger partial charge in [-0.1, -0.05) is 30.3 Å². The van der Waals surface area contributed by atoms with E-state index in [0.29, 0.717) is 12.0 Å². The lowest BCUT2D eigenvalue weighted by Gasteiger charge is -2.14. The Balaban J connectivity index is 1.55. The first-order chi connectivity index (χ1) is 8.35. The van der Waals surface area contributed by atoms with E-state index in [1.54, 1.807) is 0 Å². The first-order valence-electron chi connectivity index (χ1n) is 6.70. The second kappa shape index (κ2) is 6.18. The molecule has 0 aliphatic heterocycles. The lowest BCUT2D eigenvalue weighted by atomic mass is 10.0. The lowest BCUT2D eigenvalue weighted by molar-refractivity contribution is 0.245. The van der Waals surface area contributed by atoms with E-state index in [1.807, 2.05) is 0 Å². The fraction of sp³-hybridized carbons (Fsp3) is 0.600. The van der Waals surface area contributed by atoms with Crippen LogP contribution >= 0.6 is 0 Å². The summed E-state index contributed by atoms with van der Waals surface area (Å²) >= 11 is 0. The molecule has 0 amide bonds. The largest absolute Gasteiger partial charge is 0.396 e. The van der Waals surface area contributed by atoms with Gasteiger partial charge in [-0.05, 0) is 49.6 Å². The number of rotatable bonds is 8. The molecular formula is C15H23NO. The molecule has 2 nitrogen and oxygen atoms in total. The molecule has 0 aromatic heterocycles. The fourth-order valence-corrected chi connectivity index (χ4v) is 2.34. The van der Waals surface area contributed by atoms with Crippen molar-refractivity contribution < 1.29 is 5.11 Å². The number of hydrogen-bond acceptors (Lipinski definition) is 2. The van der Waals surface area contributed by atoms with Crippen LogP contribution in [0, 0.1) is 5.41 Å². The summed E-state index contributed by atoms with van der Waals surface area (Å²) in [5, 5.41) is 12.5. The summed E-state index contributed by atoms with van der Waals surface area (Å²) in [4.78, 5) is 0. The van der Waals surface area contributed by atoms with Gasteiger partial charge in [-0.25, -0.2) is 0 Å². The van der Waals surface area contributed by atoms with Crippen LogP contribution in [0.25, 0.3) is 0 Å². The third-order valence-corrected chi connectivity index (χ3v) is 3.76. The molecule has 17 heavy (non-hydrogen) atoms. The lowest BCUT2D eigenvalue weighted by Crippen LogP contribution is -2.25. The van der Waals surface area contributed by atoms with Gasteiger partial charge in [-0.15, -0.1) is 0 Å². The van der Waals surface area contributed by atoms with E-state index < -0.39 is 0 Å². The summed E-state index contributed by atoms with van der Waals surface area (Å²) in [5.41, 5.74) is 1.87. The minimum absolute atomic E-state index is 0.339. The van der Waals surface area contributed by atoms with E-state index in [2.05, 4.69) is 35.6 Å². The molecule has 2 N–H and O–H groups in total. The molecule has 1 saturated carbocycles. The number of nitrogens with one attached hydrogen (secondary N) is 1. The van der Waals surface area contributed by atoms with Crippen molar-refractivity contribution in [3.8, 4) is 0 Å². The Kier molecular flexibility index (Phi) is 4.57. The summed E-state index contributed by atoms with van der Waals surface area (Å²) in [5.74, 6) is 0. The van der Waals surface area contributed by atoms with Crippen LogP contribution in [-0.2, 0) is 6.42 Å². The quantitative estimate of drug-likeness (QED) is 0.676. The standard InChI is InChI=1S/C15H23NO/c17-12-10-15(8-9-15)13-16-11-4-7-14-5-2-1-3-6-14/h1-3,5-6,16-17H,4,7-13H2. The van der Waals surface area contributed by atoms with Crippen molar-refractivity contribution >= 4 is 0 Å². The molecule has 0 atom stereocenters. The van der Waals surface area contributed by atoms with Gasteiger partial charge in [0.2, 0.25) is 0 Å². The Morgan fingerprint density at radius 1 is 1.18 bits per heavy atom. The summed E-state index contributed by atoms with van der Waals surface area (Å²) in [6.45, 7) is 2.51. The van der Waals surface area contributed by atoms with Crippen LogP contribution < -0.4 is 5.32 Å². The van der Waals surface area contributed by atoms with Crippen LogP contribution in [0.2, 0.25) is 0 Å². The van der Waals surface area contributed by atoms with E-state index in [0.717, 1.165) is 25.9 Å². The Morgan fingerprint density at radius 2 is 1.94 bits per heavy atom. The molecule has 1 aliphatic carbocycles. The normalized spacial score (nSPS) is 17.0. The van der Waals surface area contributed by atoms with Gasteiger partial charge in [0.05, 0.1) is 0 Å². The maximum absolute atomic E-state index is 8.97. The SMILES string of the molecule is OCCC1(CNCCCc2ccccc2)CC1. The third kappa shape index (κ3) is 4.14. The predicted octanol–water partition coefficient (Wildman–Crippen LogP) is 2.37. The summed E-state index contributed by atoms with van der Waals surface area (Å²) in [7, 11) is 0. The van der Waals surface area contributed by atoms with Crippen molar-refractivity contribution in [2.75, 3.05) is 19.7 Å². The molecule has 0 spiro atoms. The average Bonchev–Trinajstić information content (AvgIpc) is 3.11. The number of benzene rings is 1. The van der Waals surface area contributed by atoms with Gasteiger partial charge in [0, 0.05) is 13.2 Å². The molecule has 1 aromatic carbocycles. The Labute approximate surface area is 104 Å². The van der Waals surface area contributed by atoms with Crippen molar-refractivity contribution in [3.63, 3.8) is 0 Å². The number of aryl methyl sites for hydroxylation is 1. The van der Waals surface area contributed by atoms with Crippen LogP contribution in [0.4, 0.5) is 0 Å². The van der Waals surface area contributed by atoms with E-state index >= 15 is 0 Å². The summed E-state index contributed by atoms with van der Waals surface area (Å²) < 4.78 is 0. The highest BCUT2D eigenvalue weighted by Crippen LogP contribution is 2.47. The Bertz CT molecular complexity index is 319. The highest BCUT2D eigenvalue weighted by molar-refractivity contribution is 5.14. The van der Waals surface area contributed by atoms with Crippen LogP contribution in [-0.4, -0.2) is 24.8 Å². The number of aliphatic hydroxyl groups excluding tert-OH is 1. The second-order valence-electron chi connectivity index (χ2n) is 5.24. The zero-order valence-corrected chi connectivity index (χ0v) is 10.5. The van der Waals surface area contributed by atoms with Crippen molar-refractivity contribution in [2.24, 2.45) is 5.41 Å². The molecule has 0 saturated heterocycles. The van der Waals surface area contributed by atoms with Crippen LogP contribution in [0.15, 0.2) is 30.3 Å². The summed E-state index contributed by atoms with van der Waals surface area (Å²) in [6, 6.07) is 10.6. The van der Waals surface area contributed by atoms with E-state index in [4.69, 9.17) is 5.11 Å². The highest BCUT2D eigenvalue weighted by Gasteiger charge is 2.40. The number of aliphatic hydroxyl groups is 1. The number of hydrogen-bond donors (Lipinski definition) is 2. The zero-order valence-electron chi connectivity index (χ0n) is 10.5. The van der Waals surface area contributed by atoms with E-state index in [1.165, 1.54) is 24.8 Å². The molecule has 1 aromatic rings. The molecular weight excluding hydrogens is 210 g/mol. The molecule has 2 heteroatoms. The first kappa shape index (κ1) is 12.6. The highest BCUT2D eigenvalue weighted by atomic mass is 16.3. The Hall–Kier alpha value is -0.860. The van der Waals surface area contributed by atoms with Gasteiger partial charge in [-0.3, -0.25) is 0 Å². The van der Waals surface area contributed by atoms with Gasteiger partial charge in [0.25, 0.3) is 0 Å². The monoisotopic (exact) mass is 233 g/mol. The molecule has 0 unspecified atom stereocenters. The smallest absolute Gasteiger partial charge is 0.0436 e. The van der Waals surface area contributed by atoms with Crippen molar-refractivity contribution in [3.05, 3.63) is 35.9 Å². The van der Waals surface area contributed by atoms with Gasteiger partial charge in [0.15, 0.2) is 0 Å². The van der Waals surface area contributed by atoms with E-state index in [9.17, 15) is 0 Å². The van der Waals surface area contributed by atoms with Crippen molar-refractivity contribution in [1.29, 1.82) is 0 Å². The van der Waals surface area contributed by atoms with Crippen LogP contribution in [0.5, 0.6) is 0 Å². The van der Waals surface area contributed by atoms with Crippen LogP contribution in [0.3, 0.4) is 0 Å². The van der Waals surface area contributed by atoms with Crippen molar-refractivity contribution in [1.82, 2.24) is 5.32 Å².